The molecule has 6 heteroatoms. The standard InChI is InChI=1S/C14H15ClN2O3/c1-8-16-12-7-13(20-9-2-4-19-5-3-9)11(15)6-10(12)14(18)17-8/h6-7,9H,2-5H2,1H3,(H,16,17,18). The molecule has 2 heterocycles. The van der Waals surface area contributed by atoms with E-state index in [2.05, 4.69) is 9.97 Å². The van der Waals surface area contributed by atoms with Gasteiger partial charge in [-0.1, -0.05) is 11.6 Å². The minimum Gasteiger partial charge on any atom is -0.489 e. The molecule has 1 aliphatic heterocycles. The lowest BCUT2D eigenvalue weighted by Crippen LogP contribution is -2.26. The molecule has 1 N–H and O–H groups in total. The molecule has 2 aromatic rings. The maximum atomic E-state index is 11.8. The molecule has 0 saturated carbocycles. The predicted octanol–water partition coefficient (Wildman–Crippen LogP) is 2.44. The number of aryl methyl sites for hydroxylation is 1. The third-order valence-corrected chi connectivity index (χ3v) is 3.63. The molecular weight excluding hydrogens is 280 g/mol. The summed E-state index contributed by atoms with van der Waals surface area (Å²) in [5.41, 5.74) is 0.407. The first-order valence-corrected chi connectivity index (χ1v) is 6.96. The van der Waals surface area contributed by atoms with Gasteiger partial charge in [0.2, 0.25) is 0 Å². The number of fused-ring (bicyclic) bond motifs is 1. The molecule has 5 nitrogen and oxygen atoms in total. The largest absolute Gasteiger partial charge is 0.489 e. The Hall–Kier alpha value is -1.59. The monoisotopic (exact) mass is 294 g/mol. The molecular formula is C14H15ClN2O3. The lowest BCUT2D eigenvalue weighted by molar-refractivity contribution is 0.0256. The van der Waals surface area contributed by atoms with E-state index in [9.17, 15) is 4.79 Å². The van der Waals surface area contributed by atoms with E-state index in [0.717, 1.165) is 12.8 Å². The second kappa shape index (κ2) is 5.42. The van der Waals surface area contributed by atoms with Gasteiger partial charge in [0.15, 0.2) is 0 Å². The van der Waals surface area contributed by atoms with Crippen LogP contribution in [0.1, 0.15) is 18.7 Å². The van der Waals surface area contributed by atoms with Crippen LogP contribution in [0, 0.1) is 6.92 Å². The van der Waals surface area contributed by atoms with Gasteiger partial charge in [-0.25, -0.2) is 4.98 Å². The molecule has 0 atom stereocenters. The summed E-state index contributed by atoms with van der Waals surface area (Å²) in [5, 5.41) is 0.903. The van der Waals surface area contributed by atoms with E-state index in [4.69, 9.17) is 21.1 Å². The van der Waals surface area contributed by atoms with Crippen LogP contribution in [0.15, 0.2) is 16.9 Å². The summed E-state index contributed by atoms with van der Waals surface area (Å²) in [5.74, 6) is 1.14. The Labute approximate surface area is 120 Å². The van der Waals surface area contributed by atoms with Crippen molar-refractivity contribution in [3.8, 4) is 5.75 Å². The molecule has 0 unspecified atom stereocenters. The summed E-state index contributed by atoms with van der Waals surface area (Å²) in [6, 6.07) is 3.34. The number of hydrogen-bond donors (Lipinski definition) is 1. The summed E-state index contributed by atoms with van der Waals surface area (Å²) in [4.78, 5) is 18.8. The van der Waals surface area contributed by atoms with Gasteiger partial charge < -0.3 is 14.5 Å². The smallest absolute Gasteiger partial charge is 0.258 e. The Balaban J connectivity index is 1.98. The molecule has 0 spiro atoms. The maximum absolute atomic E-state index is 11.8. The number of nitrogens with one attached hydrogen (secondary N) is 1. The minimum atomic E-state index is -0.188. The fourth-order valence-electron chi connectivity index (χ4n) is 2.32. The van der Waals surface area contributed by atoms with Gasteiger partial charge in [0.1, 0.15) is 17.7 Å². The fraction of sp³-hybridized carbons (Fsp3) is 0.429. The first kappa shape index (κ1) is 13.4. The highest BCUT2D eigenvalue weighted by atomic mass is 35.5. The van der Waals surface area contributed by atoms with Crippen LogP contribution in [-0.2, 0) is 4.74 Å². The molecule has 0 bridgehead atoms. The third kappa shape index (κ3) is 2.64. The van der Waals surface area contributed by atoms with E-state index in [-0.39, 0.29) is 11.7 Å². The molecule has 1 aliphatic rings. The Morgan fingerprint density at radius 1 is 1.40 bits per heavy atom. The van der Waals surface area contributed by atoms with Crippen molar-refractivity contribution in [2.75, 3.05) is 13.2 Å². The van der Waals surface area contributed by atoms with Crippen molar-refractivity contribution in [2.45, 2.75) is 25.9 Å². The molecule has 0 aliphatic carbocycles. The number of rotatable bonds is 2. The van der Waals surface area contributed by atoms with Crippen molar-refractivity contribution in [3.63, 3.8) is 0 Å². The zero-order valence-electron chi connectivity index (χ0n) is 11.1. The molecule has 106 valence electrons. The van der Waals surface area contributed by atoms with Gasteiger partial charge in [-0.2, -0.15) is 0 Å². The number of ether oxygens (including phenoxy) is 2. The number of nitrogens with zero attached hydrogens (tertiary/aromatic N) is 1. The van der Waals surface area contributed by atoms with Crippen molar-refractivity contribution >= 4 is 22.5 Å². The first-order valence-electron chi connectivity index (χ1n) is 6.58. The number of aromatic amines is 1. The van der Waals surface area contributed by atoms with Crippen LogP contribution >= 0.6 is 11.6 Å². The van der Waals surface area contributed by atoms with E-state index >= 15 is 0 Å². The number of aromatic nitrogens is 2. The highest BCUT2D eigenvalue weighted by Crippen LogP contribution is 2.30. The van der Waals surface area contributed by atoms with Crippen LogP contribution in [0.4, 0.5) is 0 Å². The Bertz CT molecular complexity index is 693. The lowest BCUT2D eigenvalue weighted by Gasteiger charge is -2.23. The van der Waals surface area contributed by atoms with Crippen LogP contribution < -0.4 is 10.3 Å². The van der Waals surface area contributed by atoms with Crippen molar-refractivity contribution in [1.29, 1.82) is 0 Å². The SMILES string of the molecule is Cc1nc2cc(OC3CCOCC3)c(Cl)cc2c(=O)[nH]1. The van der Waals surface area contributed by atoms with Crippen molar-refractivity contribution < 1.29 is 9.47 Å². The van der Waals surface area contributed by atoms with E-state index in [0.29, 0.717) is 40.7 Å². The minimum absolute atomic E-state index is 0.0989. The topological polar surface area (TPSA) is 64.2 Å². The fourth-order valence-corrected chi connectivity index (χ4v) is 2.53. The van der Waals surface area contributed by atoms with Crippen molar-refractivity contribution in [1.82, 2.24) is 9.97 Å². The molecule has 1 aromatic heterocycles. The second-order valence-corrected chi connectivity index (χ2v) is 5.29. The molecule has 1 aromatic carbocycles. The van der Waals surface area contributed by atoms with Gasteiger partial charge in [-0.05, 0) is 13.0 Å². The van der Waals surface area contributed by atoms with Crippen LogP contribution in [0.5, 0.6) is 5.75 Å². The summed E-state index contributed by atoms with van der Waals surface area (Å²) < 4.78 is 11.2. The molecule has 1 fully saturated rings. The third-order valence-electron chi connectivity index (χ3n) is 3.34. The molecule has 20 heavy (non-hydrogen) atoms. The molecule has 0 radical (unpaired) electrons. The Morgan fingerprint density at radius 2 is 2.15 bits per heavy atom. The summed E-state index contributed by atoms with van der Waals surface area (Å²) in [6.07, 6.45) is 1.79. The van der Waals surface area contributed by atoms with E-state index in [1.54, 1.807) is 19.1 Å². The van der Waals surface area contributed by atoms with E-state index in [1.807, 2.05) is 0 Å². The predicted molar refractivity (Wildman–Crippen MR) is 76.6 cm³/mol. The summed E-state index contributed by atoms with van der Waals surface area (Å²) in [7, 11) is 0. The highest BCUT2D eigenvalue weighted by molar-refractivity contribution is 6.32. The van der Waals surface area contributed by atoms with Crippen LogP contribution in [-0.4, -0.2) is 29.3 Å². The lowest BCUT2D eigenvalue weighted by atomic mass is 10.1. The average Bonchev–Trinajstić information content (AvgIpc) is 2.42. The van der Waals surface area contributed by atoms with Gasteiger partial charge in [0, 0.05) is 18.9 Å². The number of hydrogen-bond acceptors (Lipinski definition) is 4. The molecule has 1 saturated heterocycles. The first-order chi connectivity index (χ1) is 9.63. The van der Waals surface area contributed by atoms with Gasteiger partial charge in [-0.3, -0.25) is 4.79 Å². The van der Waals surface area contributed by atoms with Crippen molar-refractivity contribution in [3.05, 3.63) is 33.3 Å². The number of H-pyrrole nitrogens is 1. The van der Waals surface area contributed by atoms with Gasteiger partial charge in [0.05, 0.1) is 29.1 Å². The Morgan fingerprint density at radius 3 is 2.90 bits per heavy atom. The van der Waals surface area contributed by atoms with Crippen LogP contribution in [0.2, 0.25) is 5.02 Å². The second-order valence-electron chi connectivity index (χ2n) is 4.88. The zero-order chi connectivity index (χ0) is 14.1. The van der Waals surface area contributed by atoms with Crippen LogP contribution in [0.25, 0.3) is 10.9 Å². The maximum Gasteiger partial charge on any atom is 0.258 e. The Kier molecular flexibility index (Phi) is 3.63. The number of benzene rings is 1. The van der Waals surface area contributed by atoms with Gasteiger partial charge >= 0.3 is 0 Å². The van der Waals surface area contributed by atoms with Gasteiger partial charge in [-0.15, -0.1) is 0 Å². The normalized spacial score (nSPS) is 16.5. The van der Waals surface area contributed by atoms with Crippen molar-refractivity contribution in [2.24, 2.45) is 0 Å². The molecule has 0 amide bonds. The van der Waals surface area contributed by atoms with Crippen LogP contribution in [0.3, 0.4) is 0 Å². The summed E-state index contributed by atoms with van der Waals surface area (Å²) >= 11 is 6.20. The highest BCUT2D eigenvalue weighted by Gasteiger charge is 2.17. The average molecular weight is 295 g/mol. The van der Waals surface area contributed by atoms with Gasteiger partial charge in [0.25, 0.3) is 5.56 Å². The zero-order valence-corrected chi connectivity index (χ0v) is 11.9. The van der Waals surface area contributed by atoms with E-state index < -0.39 is 0 Å². The summed E-state index contributed by atoms with van der Waals surface area (Å²) in [6.45, 7) is 3.15. The quantitative estimate of drug-likeness (QED) is 0.924. The number of halogens is 1. The molecule has 3 rings (SSSR count). The van der Waals surface area contributed by atoms with E-state index in [1.165, 1.54) is 0 Å².